The van der Waals surface area contributed by atoms with Crippen molar-refractivity contribution in [2.45, 2.75) is 39.5 Å². The zero-order valence-electron chi connectivity index (χ0n) is 13.1. The number of benzene rings is 1. The molecule has 0 heterocycles. The number of nitrogens with two attached hydrogens (primary N) is 1. The fourth-order valence-electron chi connectivity index (χ4n) is 2.39. The summed E-state index contributed by atoms with van der Waals surface area (Å²) in [6.45, 7) is 6.20. The van der Waals surface area contributed by atoms with Gasteiger partial charge in [0.25, 0.3) is 0 Å². The predicted octanol–water partition coefficient (Wildman–Crippen LogP) is 3.58. The molecule has 0 aliphatic heterocycles. The normalized spacial score (nSPS) is 16.4. The van der Waals surface area contributed by atoms with Crippen molar-refractivity contribution in [1.29, 1.82) is 0 Å². The second kappa shape index (κ2) is 8.61. The number of guanidine groups is 1. The van der Waals surface area contributed by atoms with Crippen molar-refractivity contribution in [1.82, 2.24) is 5.32 Å². The molecule has 0 radical (unpaired) electrons. The third-order valence-corrected chi connectivity index (χ3v) is 3.99. The van der Waals surface area contributed by atoms with E-state index in [0.717, 1.165) is 25.9 Å². The van der Waals surface area contributed by atoms with E-state index in [1.165, 1.54) is 18.4 Å². The summed E-state index contributed by atoms with van der Waals surface area (Å²) in [6, 6.07) is 10.7. The summed E-state index contributed by atoms with van der Waals surface area (Å²) in [5.74, 6) is 1.30. The van der Waals surface area contributed by atoms with Crippen molar-refractivity contribution < 1.29 is 0 Å². The van der Waals surface area contributed by atoms with Crippen molar-refractivity contribution in [3.8, 4) is 0 Å². The Morgan fingerprint density at radius 3 is 2.52 bits per heavy atom. The van der Waals surface area contributed by atoms with Gasteiger partial charge in [-0.2, -0.15) is 0 Å². The molecule has 0 atom stereocenters. The molecule has 3 nitrogen and oxygen atoms in total. The van der Waals surface area contributed by atoms with Crippen LogP contribution in [0.1, 0.15) is 38.7 Å². The van der Waals surface area contributed by atoms with E-state index in [1.807, 2.05) is 0 Å². The van der Waals surface area contributed by atoms with E-state index in [4.69, 9.17) is 5.73 Å². The van der Waals surface area contributed by atoms with Crippen LogP contribution in [0.5, 0.6) is 0 Å². The molecule has 0 aromatic heterocycles. The molecule has 1 aromatic rings. The lowest BCUT2D eigenvalue weighted by Gasteiger charge is -2.13. The number of nitrogens with one attached hydrogen (secondary N) is 1. The first-order chi connectivity index (χ1) is 9.60. The quantitative estimate of drug-likeness (QED) is 0.417. The van der Waals surface area contributed by atoms with Crippen molar-refractivity contribution in [2.75, 3.05) is 13.1 Å². The second-order valence-electron chi connectivity index (χ2n) is 6.47. The lowest BCUT2D eigenvalue weighted by molar-refractivity contribution is 0.519. The van der Waals surface area contributed by atoms with Gasteiger partial charge in [-0.1, -0.05) is 44.2 Å². The minimum Gasteiger partial charge on any atom is -0.370 e. The van der Waals surface area contributed by atoms with Gasteiger partial charge in [0.2, 0.25) is 0 Å². The number of aliphatic imine (C=N–C) groups is 1. The second-order valence-corrected chi connectivity index (χ2v) is 6.47. The Labute approximate surface area is 145 Å². The van der Waals surface area contributed by atoms with E-state index >= 15 is 0 Å². The zero-order chi connectivity index (χ0) is 14.4. The molecular formula is C17H28IN3. The van der Waals surface area contributed by atoms with E-state index in [2.05, 4.69) is 54.5 Å². The van der Waals surface area contributed by atoms with Crippen LogP contribution in [0.2, 0.25) is 0 Å². The molecule has 2 rings (SSSR count). The van der Waals surface area contributed by atoms with Crippen LogP contribution in [0.4, 0.5) is 0 Å². The molecule has 0 saturated heterocycles. The van der Waals surface area contributed by atoms with Gasteiger partial charge in [0, 0.05) is 13.1 Å². The number of hydrogen-bond acceptors (Lipinski definition) is 1. The maximum atomic E-state index is 5.93. The first-order valence-corrected chi connectivity index (χ1v) is 7.67. The molecule has 1 fully saturated rings. The standard InChI is InChI=1S/C17H27N3.HI/c1-14(2)8-11-19-16(18)20-13-17(9-10-17)12-15-6-4-3-5-7-15;/h3-7,14H,8-13H2,1-2H3,(H3,18,19,20);1H. The first kappa shape index (κ1) is 18.3. The molecule has 1 aliphatic carbocycles. The van der Waals surface area contributed by atoms with Crippen LogP contribution in [0.25, 0.3) is 0 Å². The average Bonchev–Trinajstić information content (AvgIpc) is 3.17. The van der Waals surface area contributed by atoms with Crippen LogP contribution in [-0.2, 0) is 6.42 Å². The number of rotatable bonds is 7. The highest BCUT2D eigenvalue weighted by molar-refractivity contribution is 14.0. The van der Waals surface area contributed by atoms with Gasteiger partial charge in [0.1, 0.15) is 0 Å². The Kier molecular flexibility index (Phi) is 7.49. The summed E-state index contributed by atoms with van der Waals surface area (Å²) < 4.78 is 0. The van der Waals surface area contributed by atoms with Gasteiger partial charge >= 0.3 is 0 Å². The largest absolute Gasteiger partial charge is 0.370 e. The Hall–Kier alpha value is -0.780. The third-order valence-electron chi connectivity index (χ3n) is 3.99. The molecule has 0 unspecified atom stereocenters. The Morgan fingerprint density at radius 1 is 1.29 bits per heavy atom. The molecule has 21 heavy (non-hydrogen) atoms. The molecule has 1 aromatic carbocycles. The molecule has 4 heteroatoms. The number of nitrogens with zero attached hydrogens (tertiary/aromatic N) is 1. The highest BCUT2D eigenvalue weighted by Crippen LogP contribution is 2.48. The monoisotopic (exact) mass is 401 g/mol. The van der Waals surface area contributed by atoms with Crippen LogP contribution >= 0.6 is 24.0 Å². The summed E-state index contributed by atoms with van der Waals surface area (Å²) >= 11 is 0. The Balaban J connectivity index is 0.00000220. The van der Waals surface area contributed by atoms with Gasteiger partial charge in [0.05, 0.1) is 0 Å². The van der Waals surface area contributed by atoms with Crippen LogP contribution in [0.15, 0.2) is 35.3 Å². The smallest absolute Gasteiger partial charge is 0.188 e. The lowest BCUT2D eigenvalue weighted by Crippen LogP contribution is -2.33. The molecule has 0 spiro atoms. The van der Waals surface area contributed by atoms with Gasteiger partial charge < -0.3 is 11.1 Å². The van der Waals surface area contributed by atoms with Gasteiger partial charge in [-0.25, -0.2) is 0 Å². The van der Waals surface area contributed by atoms with Crippen molar-refractivity contribution in [2.24, 2.45) is 22.1 Å². The van der Waals surface area contributed by atoms with Crippen LogP contribution in [0.3, 0.4) is 0 Å². The van der Waals surface area contributed by atoms with E-state index in [9.17, 15) is 0 Å². The van der Waals surface area contributed by atoms with Gasteiger partial charge in [0.15, 0.2) is 5.96 Å². The fraction of sp³-hybridized carbons (Fsp3) is 0.588. The number of halogens is 1. The van der Waals surface area contributed by atoms with E-state index < -0.39 is 0 Å². The third kappa shape index (κ3) is 6.68. The summed E-state index contributed by atoms with van der Waals surface area (Å²) in [5, 5.41) is 3.21. The first-order valence-electron chi connectivity index (χ1n) is 7.67. The molecule has 1 aliphatic rings. The summed E-state index contributed by atoms with van der Waals surface area (Å²) in [4.78, 5) is 4.53. The zero-order valence-corrected chi connectivity index (χ0v) is 15.5. The van der Waals surface area contributed by atoms with Crippen molar-refractivity contribution >= 4 is 29.9 Å². The molecule has 118 valence electrons. The fourth-order valence-corrected chi connectivity index (χ4v) is 2.39. The maximum Gasteiger partial charge on any atom is 0.188 e. The van der Waals surface area contributed by atoms with Crippen LogP contribution < -0.4 is 11.1 Å². The van der Waals surface area contributed by atoms with Crippen molar-refractivity contribution in [3.05, 3.63) is 35.9 Å². The minimum absolute atomic E-state index is 0. The van der Waals surface area contributed by atoms with E-state index in [0.29, 0.717) is 17.3 Å². The molecule has 0 bridgehead atoms. The highest BCUT2D eigenvalue weighted by Gasteiger charge is 2.42. The number of hydrogen-bond donors (Lipinski definition) is 2. The molecule has 3 N–H and O–H groups in total. The summed E-state index contributed by atoms with van der Waals surface area (Å²) in [5.41, 5.74) is 7.70. The maximum absolute atomic E-state index is 5.93. The lowest BCUT2D eigenvalue weighted by atomic mass is 9.97. The van der Waals surface area contributed by atoms with Gasteiger partial charge in [-0.3, -0.25) is 4.99 Å². The topological polar surface area (TPSA) is 50.4 Å². The summed E-state index contributed by atoms with van der Waals surface area (Å²) in [6.07, 6.45) is 4.79. The Bertz CT molecular complexity index is 439. The van der Waals surface area contributed by atoms with E-state index in [-0.39, 0.29) is 24.0 Å². The summed E-state index contributed by atoms with van der Waals surface area (Å²) in [7, 11) is 0. The van der Waals surface area contributed by atoms with Crippen LogP contribution in [0, 0.1) is 11.3 Å². The van der Waals surface area contributed by atoms with Crippen molar-refractivity contribution in [3.63, 3.8) is 0 Å². The SMILES string of the molecule is CC(C)CCNC(N)=NCC1(Cc2ccccc2)CC1.I. The van der Waals surface area contributed by atoms with Gasteiger partial charge in [-0.15, -0.1) is 24.0 Å². The van der Waals surface area contributed by atoms with Gasteiger partial charge in [-0.05, 0) is 42.6 Å². The molecule has 0 amide bonds. The Morgan fingerprint density at radius 2 is 1.95 bits per heavy atom. The molecule has 1 saturated carbocycles. The average molecular weight is 401 g/mol. The van der Waals surface area contributed by atoms with Crippen LogP contribution in [-0.4, -0.2) is 19.0 Å². The van der Waals surface area contributed by atoms with E-state index in [1.54, 1.807) is 0 Å². The highest BCUT2D eigenvalue weighted by atomic mass is 127. The predicted molar refractivity (Wildman–Crippen MR) is 101 cm³/mol. The minimum atomic E-state index is 0. The molecular weight excluding hydrogens is 373 g/mol.